The Morgan fingerprint density at radius 3 is 2.75 bits per heavy atom. The number of guanidine groups is 1. The SMILES string of the molecule is CCN1C(NC(=O)OC(C)C)=NCC1c1ccc2ccccc2c1. The van der Waals surface area contributed by atoms with Gasteiger partial charge in [-0.15, -0.1) is 0 Å². The summed E-state index contributed by atoms with van der Waals surface area (Å²) >= 11 is 0. The normalized spacial score (nSPS) is 17.2. The predicted octanol–water partition coefficient (Wildman–Crippen LogP) is 3.71. The van der Waals surface area contributed by atoms with Gasteiger partial charge in [0.1, 0.15) is 0 Å². The number of carbonyl (C=O) groups excluding carboxylic acids is 1. The Labute approximate surface area is 142 Å². The molecule has 2 aromatic rings. The van der Waals surface area contributed by atoms with Crippen LogP contribution in [-0.4, -0.2) is 36.1 Å². The Balaban J connectivity index is 1.78. The average molecular weight is 325 g/mol. The van der Waals surface area contributed by atoms with Crippen molar-refractivity contribution in [2.24, 2.45) is 4.99 Å². The van der Waals surface area contributed by atoms with Crippen molar-refractivity contribution in [1.29, 1.82) is 0 Å². The number of benzene rings is 2. The molecule has 0 saturated heterocycles. The van der Waals surface area contributed by atoms with E-state index in [1.165, 1.54) is 16.3 Å². The van der Waals surface area contributed by atoms with Gasteiger partial charge in [0.05, 0.1) is 18.7 Å². The lowest BCUT2D eigenvalue weighted by atomic mass is 10.0. The molecule has 2 aromatic carbocycles. The van der Waals surface area contributed by atoms with Gasteiger partial charge in [0.15, 0.2) is 0 Å². The first kappa shape index (κ1) is 16.3. The van der Waals surface area contributed by atoms with E-state index in [2.05, 4.69) is 52.5 Å². The largest absolute Gasteiger partial charge is 0.447 e. The first-order valence-corrected chi connectivity index (χ1v) is 8.36. The van der Waals surface area contributed by atoms with Crippen LogP contribution in [0.5, 0.6) is 0 Å². The summed E-state index contributed by atoms with van der Waals surface area (Å²) in [5.74, 6) is 0.585. The second-order valence-corrected chi connectivity index (χ2v) is 6.15. The molecule has 0 bridgehead atoms. The van der Waals surface area contributed by atoms with E-state index in [0.717, 1.165) is 6.54 Å². The van der Waals surface area contributed by atoms with Crippen molar-refractivity contribution in [3.8, 4) is 0 Å². The number of rotatable bonds is 3. The zero-order chi connectivity index (χ0) is 17.1. The maximum absolute atomic E-state index is 11.8. The highest BCUT2D eigenvalue weighted by molar-refractivity contribution is 5.95. The lowest BCUT2D eigenvalue weighted by Crippen LogP contribution is -2.43. The van der Waals surface area contributed by atoms with Crippen LogP contribution in [0.1, 0.15) is 32.4 Å². The van der Waals surface area contributed by atoms with Gasteiger partial charge in [-0.3, -0.25) is 10.3 Å². The van der Waals surface area contributed by atoms with Crippen molar-refractivity contribution in [3.05, 3.63) is 48.0 Å². The minimum absolute atomic E-state index is 0.133. The van der Waals surface area contributed by atoms with Crippen LogP contribution in [-0.2, 0) is 4.74 Å². The van der Waals surface area contributed by atoms with Crippen LogP contribution >= 0.6 is 0 Å². The van der Waals surface area contributed by atoms with E-state index in [0.29, 0.717) is 12.5 Å². The van der Waals surface area contributed by atoms with Crippen molar-refractivity contribution in [3.63, 3.8) is 0 Å². The molecular formula is C19H23N3O2. The van der Waals surface area contributed by atoms with Gasteiger partial charge in [-0.25, -0.2) is 4.79 Å². The van der Waals surface area contributed by atoms with E-state index in [4.69, 9.17) is 4.74 Å². The second kappa shape index (κ2) is 6.91. The Kier molecular flexibility index (Phi) is 4.69. The molecule has 0 aromatic heterocycles. The van der Waals surface area contributed by atoms with Crippen molar-refractivity contribution in [2.45, 2.75) is 32.9 Å². The van der Waals surface area contributed by atoms with E-state index in [1.807, 2.05) is 26.0 Å². The number of hydrogen-bond donors (Lipinski definition) is 1. The number of nitrogens with one attached hydrogen (secondary N) is 1. The van der Waals surface area contributed by atoms with Gasteiger partial charge < -0.3 is 9.64 Å². The summed E-state index contributed by atoms with van der Waals surface area (Å²) in [5.41, 5.74) is 1.20. The molecule has 1 heterocycles. The fourth-order valence-corrected chi connectivity index (χ4v) is 3.03. The highest BCUT2D eigenvalue weighted by atomic mass is 16.6. The third kappa shape index (κ3) is 3.35. The number of ether oxygens (including phenoxy) is 1. The lowest BCUT2D eigenvalue weighted by molar-refractivity contribution is 0.119. The van der Waals surface area contributed by atoms with Gasteiger partial charge >= 0.3 is 6.09 Å². The van der Waals surface area contributed by atoms with Gasteiger partial charge in [0.25, 0.3) is 0 Å². The molecule has 0 spiro atoms. The predicted molar refractivity (Wildman–Crippen MR) is 96.1 cm³/mol. The minimum atomic E-state index is -0.457. The average Bonchev–Trinajstić information content (AvgIpc) is 2.96. The van der Waals surface area contributed by atoms with Gasteiger partial charge in [-0.05, 0) is 43.2 Å². The van der Waals surface area contributed by atoms with E-state index in [-0.39, 0.29) is 12.1 Å². The topological polar surface area (TPSA) is 53.9 Å². The number of carbonyl (C=O) groups is 1. The number of likely N-dealkylation sites (N-methyl/N-ethyl adjacent to an activating group) is 1. The molecular weight excluding hydrogens is 302 g/mol. The molecule has 0 radical (unpaired) electrons. The van der Waals surface area contributed by atoms with Crippen LogP contribution in [0.4, 0.5) is 4.79 Å². The Bertz CT molecular complexity index is 770. The van der Waals surface area contributed by atoms with Crippen LogP contribution in [0.25, 0.3) is 10.8 Å². The number of alkyl carbamates (subject to hydrolysis) is 1. The van der Waals surface area contributed by atoms with Crippen LogP contribution in [0.2, 0.25) is 0 Å². The third-order valence-electron chi connectivity index (χ3n) is 4.12. The molecule has 126 valence electrons. The van der Waals surface area contributed by atoms with Crippen LogP contribution in [0.3, 0.4) is 0 Å². The van der Waals surface area contributed by atoms with Gasteiger partial charge in [0.2, 0.25) is 5.96 Å². The molecule has 5 nitrogen and oxygen atoms in total. The summed E-state index contributed by atoms with van der Waals surface area (Å²) in [7, 11) is 0. The quantitative estimate of drug-likeness (QED) is 0.936. The number of amides is 1. The molecule has 0 fully saturated rings. The summed E-state index contributed by atoms with van der Waals surface area (Å²) in [4.78, 5) is 18.5. The summed E-state index contributed by atoms with van der Waals surface area (Å²) in [6, 6.07) is 14.9. The zero-order valence-corrected chi connectivity index (χ0v) is 14.3. The summed E-state index contributed by atoms with van der Waals surface area (Å²) < 4.78 is 5.15. The minimum Gasteiger partial charge on any atom is -0.447 e. The number of aliphatic imine (C=N–C) groups is 1. The van der Waals surface area contributed by atoms with Crippen molar-refractivity contribution in [2.75, 3.05) is 13.1 Å². The Hall–Kier alpha value is -2.56. The smallest absolute Gasteiger partial charge is 0.414 e. The molecule has 1 N–H and O–H groups in total. The maximum atomic E-state index is 11.8. The van der Waals surface area contributed by atoms with Crippen molar-refractivity contribution < 1.29 is 9.53 Å². The van der Waals surface area contributed by atoms with Crippen LogP contribution < -0.4 is 5.32 Å². The first-order chi connectivity index (χ1) is 11.6. The Morgan fingerprint density at radius 1 is 1.29 bits per heavy atom. The highest BCUT2D eigenvalue weighted by Crippen LogP contribution is 2.28. The second-order valence-electron chi connectivity index (χ2n) is 6.15. The number of nitrogens with zero attached hydrogens (tertiary/aromatic N) is 2. The van der Waals surface area contributed by atoms with Gasteiger partial charge in [-0.2, -0.15) is 0 Å². The lowest BCUT2D eigenvalue weighted by Gasteiger charge is -2.27. The zero-order valence-electron chi connectivity index (χ0n) is 14.3. The van der Waals surface area contributed by atoms with E-state index in [1.54, 1.807) is 0 Å². The van der Waals surface area contributed by atoms with Crippen LogP contribution in [0, 0.1) is 0 Å². The molecule has 3 rings (SSSR count). The summed E-state index contributed by atoms with van der Waals surface area (Å²) in [5, 5.41) is 5.20. The fraction of sp³-hybridized carbons (Fsp3) is 0.368. The summed E-state index contributed by atoms with van der Waals surface area (Å²) in [6.45, 7) is 7.10. The Morgan fingerprint density at radius 2 is 2.04 bits per heavy atom. The van der Waals surface area contributed by atoms with E-state index >= 15 is 0 Å². The number of hydrogen-bond acceptors (Lipinski definition) is 4. The van der Waals surface area contributed by atoms with E-state index in [9.17, 15) is 4.79 Å². The molecule has 1 unspecified atom stereocenters. The molecule has 0 saturated carbocycles. The fourth-order valence-electron chi connectivity index (χ4n) is 3.03. The highest BCUT2D eigenvalue weighted by Gasteiger charge is 2.29. The number of fused-ring (bicyclic) bond motifs is 1. The molecule has 5 heteroatoms. The molecule has 0 aliphatic carbocycles. The standard InChI is InChI=1S/C19H23N3O2/c1-4-22-17(12-20-18(22)21-19(23)24-13(2)3)16-10-9-14-7-5-6-8-15(14)11-16/h5-11,13,17H,4,12H2,1-3H3,(H,20,21,23). The van der Waals surface area contributed by atoms with Crippen molar-refractivity contribution >= 4 is 22.8 Å². The third-order valence-corrected chi connectivity index (χ3v) is 4.12. The molecule has 1 aliphatic rings. The molecule has 24 heavy (non-hydrogen) atoms. The molecule has 1 atom stereocenters. The molecule has 1 amide bonds. The summed E-state index contributed by atoms with van der Waals surface area (Å²) in [6.07, 6.45) is -0.611. The molecule has 1 aliphatic heterocycles. The van der Waals surface area contributed by atoms with E-state index < -0.39 is 6.09 Å². The van der Waals surface area contributed by atoms with Gasteiger partial charge in [-0.1, -0.05) is 36.4 Å². The first-order valence-electron chi connectivity index (χ1n) is 8.36. The van der Waals surface area contributed by atoms with Crippen LogP contribution in [0.15, 0.2) is 47.5 Å². The monoisotopic (exact) mass is 325 g/mol. The van der Waals surface area contributed by atoms with Crippen molar-refractivity contribution in [1.82, 2.24) is 10.2 Å². The van der Waals surface area contributed by atoms with Gasteiger partial charge in [0, 0.05) is 6.54 Å². The maximum Gasteiger partial charge on any atom is 0.414 e.